The third-order valence-electron chi connectivity index (χ3n) is 8.80. The number of hydrogen-bond donors (Lipinski definition) is 2. The second kappa shape index (κ2) is 14.7. The Kier molecular flexibility index (Phi) is 10.6. The Morgan fingerprint density at radius 3 is 2.24 bits per heavy atom. The SMILES string of the molecule is COCC1CCN(c2cc(F)c(C(N)=O)c(F)c2)C1.Cn1c(=O)c(-c2cccc3c(CCC(=O)O)cccc23)c(C(F)(F)F)c2ccccc21. The van der Waals surface area contributed by atoms with Gasteiger partial charge in [0.25, 0.3) is 11.5 Å². The molecule has 1 amide bonds. The number of alkyl halides is 3. The van der Waals surface area contributed by atoms with Crippen molar-refractivity contribution in [1.82, 2.24) is 4.57 Å². The minimum absolute atomic E-state index is 0.0499. The quantitative estimate of drug-likeness (QED) is 0.170. The number of ether oxygens (including phenoxy) is 1. The molecule has 13 heteroatoms. The van der Waals surface area contributed by atoms with Crippen LogP contribution in [-0.4, -0.2) is 48.4 Å². The number of carboxylic acids is 1. The van der Waals surface area contributed by atoms with Gasteiger partial charge in [0.15, 0.2) is 0 Å². The maximum atomic E-state index is 14.3. The highest BCUT2D eigenvalue weighted by Crippen LogP contribution is 2.42. The fraction of sp³-hybridized carbons (Fsp3) is 0.270. The van der Waals surface area contributed by atoms with Crippen molar-refractivity contribution < 1.29 is 41.4 Å². The summed E-state index contributed by atoms with van der Waals surface area (Å²) >= 11 is 0. The average Bonchev–Trinajstić information content (AvgIpc) is 3.53. The van der Waals surface area contributed by atoms with Gasteiger partial charge >= 0.3 is 12.1 Å². The normalized spacial score (nSPS) is 14.5. The number of nitrogens with zero attached hydrogens (tertiary/aromatic N) is 2. The Balaban J connectivity index is 0.000000219. The minimum atomic E-state index is -4.74. The van der Waals surface area contributed by atoms with Crippen LogP contribution in [0.5, 0.6) is 0 Å². The molecule has 0 radical (unpaired) electrons. The van der Waals surface area contributed by atoms with Crippen molar-refractivity contribution >= 4 is 39.2 Å². The van der Waals surface area contributed by atoms with Crippen LogP contribution in [0.2, 0.25) is 0 Å². The topological polar surface area (TPSA) is 115 Å². The summed E-state index contributed by atoms with van der Waals surface area (Å²) in [5.74, 6) is -3.54. The fourth-order valence-electron chi connectivity index (χ4n) is 6.51. The van der Waals surface area contributed by atoms with E-state index in [-0.39, 0.29) is 29.3 Å². The molecule has 1 aliphatic heterocycles. The van der Waals surface area contributed by atoms with Crippen LogP contribution in [0.1, 0.15) is 34.3 Å². The van der Waals surface area contributed by atoms with Crippen LogP contribution in [0.3, 0.4) is 0 Å². The Labute approximate surface area is 283 Å². The number of benzene rings is 4. The second-order valence-corrected chi connectivity index (χ2v) is 12.0. The summed E-state index contributed by atoms with van der Waals surface area (Å²) in [4.78, 5) is 37.0. The summed E-state index contributed by atoms with van der Waals surface area (Å²) in [6, 6.07) is 18.2. The van der Waals surface area contributed by atoms with E-state index in [0.717, 1.165) is 18.6 Å². The maximum Gasteiger partial charge on any atom is 0.417 e. The van der Waals surface area contributed by atoms with Gasteiger partial charge in [0.1, 0.15) is 17.2 Å². The molecule has 0 spiro atoms. The molecule has 1 saturated heterocycles. The molecule has 50 heavy (non-hydrogen) atoms. The molecule has 3 N–H and O–H groups in total. The molecule has 1 unspecified atom stereocenters. The number of hydrogen-bond acceptors (Lipinski definition) is 5. The van der Waals surface area contributed by atoms with Crippen molar-refractivity contribution in [3.05, 3.63) is 111 Å². The van der Waals surface area contributed by atoms with Crippen LogP contribution in [0.25, 0.3) is 32.8 Å². The molecular weight excluding hydrogens is 661 g/mol. The predicted molar refractivity (Wildman–Crippen MR) is 180 cm³/mol. The zero-order valence-corrected chi connectivity index (χ0v) is 27.2. The number of carbonyl (C=O) groups is 2. The van der Waals surface area contributed by atoms with E-state index in [4.69, 9.17) is 15.6 Å². The Morgan fingerprint density at radius 1 is 0.960 bits per heavy atom. The first-order valence-corrected chi connectivity index (χ1v) is 15.7. The van der Waals surface area contributed by atoms with Crippen molar-refractivity contribution in [1.29, 1.82) is 0 Å². The molecule has 0 saturated carbocycles. The third-order valence-corrected chi connectivity index (χ3v) is 8.80. The van der Waals surface area contributed by atoms with Crippen molar-refractivity contribution in [3.8, 4) is 11.1 Å². The fourth-order valence-corrected chi connectivity index (χ4v) is 6.51. The number of primary amides is 1. The summed E-state index contributed by atoms with van der Waals surface area (Å²) in [7, 11) is 3.08. The molecule has 2 heterocycles. The van der Waals surface area contributed by atoms with Gasteiger partial charge in [-0.2, -0.15) is 13.2 Å². The Hall–Kier alpha value is -5.30. The van der Waals surface area contributed by atoms with Crippen molar-refractivity contribution in [2.24, 2.45) is 18.7 Å². The molecule has 1 aliphatic rings. The number of nitrogens with two attached hydrogens (primary N) is 1. The van der Waals surface area contributed by atoms with E-state index in [1.807, 2.05) is 4.90 Å². The molecule has 0 bridgehead atoms. The van der Waals surface area contributed by atoms with Crippen LogP contribution < -0.4 is 16.2 Å². The van der Waals surface area contributed by atoms with Crippen LogP contribution in [0.15, 0.2) is 77.6 Å². The van der Waals surface area contributed by atoms with E-state index in [0.29, 0.717) is 47.6 Å². The summed E-state index contributed by atoms with van der Waals surface area (Å²) in [6.07, 6.45) is -3.70. The average molecular weight is 696 g/mol. The Morgan fingerprint density at radius 2 is 1.60 bits per heavy atom. The van der Waals surface area contributed by atoms with E-state index in [9.17, 15) is 36.3 Å². The van der Waals surface area contributed by atoms with Crippen LogP contribution in [0, 0.1) is 17.6 Å². The van der Waals surface area contributed by atoms with E-state index in [1.165, 1.54) is 35.9 Å². The van der Waals surface area contributed by atoms with Crippen molar-refractivity contribution in [2.75, 3.05) is 31.7 Å². The van der Waals surface area contributed by atoms with Crippen LogP contribution in [0.4, 0.5) is 27.6 Å². The number of pyridine rings is 1. The van der Waals surface area contributed by atoms with E-state index >= 15 is 0 Å². The standard InChI is InChI=1S/C24H18F3NO3.C13H16F2N2O2/c1-28-19-11-3-2-7-18(19)22(24(25,26)27)21(23(28)31)17-10-5-8-15-14(12-13-20(29)30)6-4-9-16(15)17;1-19-7-8-2-3-17(6-8)9-4-10(14)12(13(16)18)11(15)5-9/h2-11H,12-13H2,1H3,(H,29,30);4-5,8H,2-3,6-7H2,1H3,(H2,16,18). The van der Waals surface area contributed by atoms with Gasteiger partial charge in [-0.05, 0) is 52.9 Å². The molecule has 1 fully saturated rings. The molecule has 6 rings (SSSR count). The van der Waals surface area contributed by atoms with Gasteiger partial charge in [-0.15, -0.1) is 0 Å². The number of carbonyl (C=O) groups excluding carboxylic acids is 1. The number of carboxylic acid groups (broad SMARTS) is 1. The lowest BCUT2D eigenvalue weighted by Crippen LogP contribution is -2.24. The number of anilines is 1. The molecular formula is C37H34F5N3O5. The number of amides is 1. The van der Waals surface area contributed by atoms with Gasteiger partial charge in [-0.1, -0.05) is 54.6 Å². The van der Waals surface area contributed by atoms with Crippen LogP contribution in [-0.2, 0) is 29.2 Å². The zero-order valence-electron chi connectivity index (χ0n) is 27.2. The molecule has 1 atom stereocenters. The van der Waals surface area contributed by atoms with Gasteiger partial charge in [0.2, 0.25) is 0 Å². The van der Waals surface area contributed by atoms with Crippen molar-refractivity contribution in [2.45, 2.75) is 25.4 Å². The minimum Gasteiger partial charge on any atom is -0.481 e. The maximum absolute atomic E-state index is 14.3. The summed E-state index contributed by atoms with van der Waals surface area (Å²) < 4.78 is 76.4. The number of fused-ring (bicyclic) bond motifs is 2. The number of aromatic nitrogens is 1. The summed E-state index contributed by atoms with van der Waals surface area (Å²) in [6.45, 7) is 2.02. The van der Waals surface area contributed by atoms with E-state index in [1.54, 1.807) is 43.5 Å². The lowest BCUT2D eigenvalue weighted by Gasteiger charge is -2.19. The molecule has 8 nitrogen and oxygen atoms in total. The van der Waals surface area contributed by atoms with E-state index < -0.39 is 51.9 Å². The number of aryl methyl sites for hydroxylation is 2. The van der Waals surface area contributed by atoms with Gasteiger partial charge in [-0.3, -0.25) is 14.4 Å². The van der Waals surface area contributed by atoms with Gasteiger partial charge in [0.05, 0.1) is 23.3 Å². The first kappa shape index (κ1) is 36.0. The summed E-state index contributed by atoms with van der Waals surface area (Å²) in [5, 5.41) is 10.1. The molecule has 5 aromatic rings. The number of aliphatic carboxylic acids is 1. The molecule has 0 aliphatic carbocycles. The number of rotatable bonds is 8. The highest BCUT2D eigenvalue weighted by Gasteiger charge is 2.38. The summed E-state index contributed by atoms with van der Waals surface area (Å²) in [5.41, 5.74) is 3.64. The first-order valence-electron chi connectivity index (χ1n) is 15.7. The lowest BCUT2D eigenvalue weighted by atomic mass is 9.91. The van der Waals surface area contributed by atoms with Gasteiger partial charge < -0.3 is 25.0 Å². The largest absolute Gasteiger partial charge is 0.481 e. The lowest BCUT2D eigenvalue weighted by molar-refractivity contribution is -0.137. The highest BCUT2D eigenvalue weighted by molar-refractivity contribution is 6.01. The number of methoxy groups -OCH3 is 1. The van der Waals surface area contributed by atoms with Crippen molar-refractivity contribution in [3.63, 3.8) is 0 Å². The van der Waals surface area contributed by atoms with Gasteiger partial charge in [-0.25, -0.2) is 8.78 Å². The van der Waals surface area contributed by atoms with E-state index in [2.05, 4.69) is 0 Å². The Bertz CT molecular complexity index is 2120. The highest BCUT2D eigenvalue weighted by atomic mass is 19.4. The molecule has 4 aromatic carbocycles. The zero-order chi connectivity index (χ0) is 36.3. The third kappa shape index (κ3) is 7.32. The van der Waals surface area contributed by atoms with Crippen LogP contribution >= 0.6 is 0 Å². The monoisotopic (exact) mass is 695 g/mol. The molecule has 262 valence electrons. The number of para-hydroxylation sites is 1. The smallest absolute Gasteiger partial charge is 0.417 e. The first-order chi connectivity index (χ1) is 23.7. The second-order valence-electron chi connectivity index (χ2n) is 12.0. The predicted octanol–water partition coefficient (Wildman–Crippen LogP) is 6.93. The molecule has 1 aromatic heterocycles. The van der Waals surface area contributed by atoms with Gasteiger partial charge in [0, 0.05) is 50.7 Å². The number of halogens is 5.